The summed E-state index contributed by atoms with van der Waals surface area (Å²) in [4.78, 5) is 25.6. The second-order valence-electron chi connectivity index (χ2n) is 6.48. The molecule has 0 spiro atoms. The first kappa shape index (κ1) is 19.6. The van der Waals surface area contributed by atoms with E-state index in [9.17, 15) is 9.59 Å². The van der Waals surface area contributed by atoms with E-state index in [0.717, 1.165) is 29.4 Å². The van der Waals surface area contributed by atoms with Crippen molar-refractivity contribution in [3.05, 3.63) is 24.3 Å². The van der Waals surface area contributed by atoms with Gasteiger partial charge in [0, 0.05) is 30.9 Å². The van der Waals surface area contributed by atoms with Crippen LogP contribution < -0.4 is 10.6 Å². The molecule has 0 bridgehead atoms. The average molecular weight is 406 g/mol. The number of thioether (sulfide) groups is 1. The summed E-state index contributed by atoms with van der Waals surface area (Å²) in [6.45, 7) is 4.44. The summed E-state index contributed by atoms with van der Waals surface area (Å²) in [6.07, 6.45) is 3.37. The summed E-state index contributed by atoms with van der Waals surface area (Å²) < 4.78 is 0.758. The molecular formula is C18H23N5O2S2. The van der Waals surface area contributed by atoms with Crippen LogP contribution in [0.1, 0.15) is 33.1 Å². The van der Waals surface area contributed by atoms with Gasteiger partial charge in [0.1, 0.15) is 0 Å². The summed E-state index contributed by atoms with van der Waals surface area (Å²) in [5.74, 6) is 0.436. The zero-order valence-electron chi connectivity index (χ0n) is 15.4. The average Bonchev–Trinajstić information content (AvgIpc) is 3.07. The summed E-state index contributed by atoms with van der Waals surface area (Å²) in [5, 5.41) is 14.9. The van der Waals surface area contributed by atoms with E-state index in [2.05, 4.69) is 27.8 Å². The number of aromatic nitrogens is 2. The van der Waals surface area contributed by atoms with Crippen LogP contribution >= 0.6 is 23.1 Å². The molecule has 3 rings (SSSR count). The summed E-state index contributed by atoms with van der Waals surface area (Å²) in [5.41, 5.74) is 1.53. The fourth-order valence-corrected chi connectivity index (χ4v) is 4.65. The van der Waals surface area contributed by atoms with Gasteiger partial charge in [-0.2, -0.15) is 0 Å². The summed E-state index contributed by atoms with van der Waals surface area (Å²) in [6, 6.07) is 7.72. The van der Waals surface area contributed by atoms with Crippen LogP contribution in [0.15, 0.2) is 28.6 Å². The van der Waals surface area contributed by atoms with E-state index in [-0.39, 0.29) is 11.8 Å². The van der Waals surface area contributed by atoms with Gasteiger partial charge in [-0.3, -0.25) is 9.59 Å². The monoisotopic (exact) mass is 405 g/mol. The van der Waals surface area contributed by atoms with Gasteiger partial charge in [0.15, 0.2) is 4.34 Å². The molecule has 27 heavy (non-hydrogen) atoms. The van der Waals surface area contributed by atoms with Crippen LogP contribution in [0.3, 0.4) is 0 Å². The Bertz CT molecular complexity index is 811. The minimum absolute atomic E-state index is 0.116. The molecule has 0 aliphatic carbocycles. The third kappa shape index (κ3) is 5.67. The van der Waals surface area contributed by atoms with E-state index in [1.807, 2.05) is 29.2 Å². The molecule has 1 aliphatic heterocycles. The number of nitrogens with zero attached hydrogens (tertiary/aromatic N) is 3. The molecule has 1 atom stereocenters. The van der Waals surface area contributed by atoms with Crippen LogP contribution in [0.2, 0.25) is 0 Å². The summed E-state index contributed by atoms with van der Waals surface area (Å²) >= 11 is 2.83. The maximum atomic E-state index is 12.4. The SMILES string of the molecule is CC(=O)Nc1cccc(Nc2nnc(SCC(=O)N3CCCCC3C)s2)c1. The number of hydrogen-bond acceptors (Lipinski definition) is 7. The van der Waals surface area contributed by atoms with Gasteiger partial charge in [0.05, 0.1) is 5.75 Å². The number of amides is 2. The van der Waals surface area contributed by atoms with E-state index >= 15 is 0 Å². The predicted molar refractivity (Wildman–Crippen MR) is 110 cm³/mol. The normalized spacial score (nSPS) is 16.8. The molecular weight excluding hydrogens is 382 g/mol. The first-order valence-corrected chi connectivity index (χ1v) is 10.7. The van der Waals surface area contributed by atoms with Crippen molar-refractivity contribution in [2.24, 2.45) is 0 Å². The van der Waals surface area contributed by atoms with Gasteiger partial charge in [-0.15, -0.1) is 10.2 Å². The van der Waals surface area contributed by atoms with Crippen LogP contribution in [0, 0.1) is 0 Å². The Morgan fingerprint density at radius 2 is 2.11 bits per heavy atom. The minimum atomic E-state index is -0.116. The highest BCUT2D eigenvalue weighted by Gasteiger charge is 2.23. The van der Waals surface area contributed by atoms with Crippen molar-refractivity contribution < 1.29 is 9.59 Å². The largest absolute Gasteiger partial charge is 0.339 e. The Morgan fingerprint density at radius 3 is 2.89 bits per heavy atom. The zero-order chi connectivity index (χ0) is 19.2. The smallest absolute Gasteiger partial charge is 0.233 e. The van der Waals surface area contributed by atoms with Crippen LogP contribution in [-0.4, -0.2) is 45.3 Å². The van der Waals surface area contributed by atoms with Gasteiger partial charge in [-0.1, -0.05) is 29.2 Å². The second-order valence-corrected chi connectivity index (χ2v) is 8.68. The lowest BCUT2D eigenvalue weighted by atomic mass is 10.0. The van der Waals surface area contributed by atoms with Crippen LogP contribution in [0.5, 0.6) is 0 Å². The van der Waals surface area contributed by atoms with Crippen LogP contribution in [-0.2, 0) is 9.59 Å². The molecule has 0 radical (unpaired) electrons. The predicted octanol–water partition coefficient (Wildman–Crippen LogP) is 3.73. The lowest BCUT2D eigenvalue weighted by Crippen LogP contribution is -2.42. The van der Waals surface area contributed by atoms with Crippen molar-refractivity contribution in [1.29, 1.82) is 0 Å². The molecule has 9 heteroatoms. The number of hydrogen-bond donors (Lipinski definition) is 2. The fraction of sp³-hybridized carbons (Fsp3) is 0.444. The van der Waals surface area contributed by atoms with E-state index in [4.69, 9.17) is 0 Å². The number of carbonyl (C=O) groups is 2. The Kier molecular flexibility index (Phi) is 6.68. The number of piperidine rings is 1. The molecule has 1 aromatic carbocycles. The van der Waals surface area contributed by atoms with Gasteiger partial charge in [-0.25, -0.2) is 0 Å². The molecule has 144 valence electrons. The van der Waals surface area contributed by atoms with Gasteiger partial charge in [0.2, 0.25) is 16.9 Å². The van der Waals surface area contributed by atoms with Gasteiger partial charge in [0.25, 0.3) is 0 Å². The molecule has 0 saturated carbocycles. The molecule has 2 amide bonds. The first-order valence-electron chi connectivity index (χ1n) is 8.92. The van der Waals surface area contributed by atoms with Crippen molar-refractivity contribution in [3.63, 3.8) is 0 Å². The third-order valence-corrected chi connectivity index (χ3v) is 6.24. The van der Waals surface area contributed by atoms with E-state index < -0.39 is 0 Å². The molecule has 2 aromatic rings. The number of benzene rings is 1. The maximum Gasteiger partial charge on any atom is 0.233 e. The Hall–Kier alpha value is -2.13. The minimum Gasteiger partial charge on any atom is -0.339 e. The lowest BCUT2D eigenvalue weighted by Gasteiger charge is -2.33. The number of likely N-dealkylation sites (tertiary alicyclic amines) is 1. The third-order valence-electron chi connectivity index (χ3n) is 4.28. The van der Waals surface area contributed by atoms with E-state index in [0.29, 0.717) is 22.6 Å². The first-order chi connectivity index (χ1) is 13.0. The van der Waals surface area contributed by atoms with Crippen molar-refractivity contribution >= 4 is 51.4 Å². The summed E-state index contributed by atoms with van der Waals surface area (Å²) in [7, 11) is 0. The van der Waals surface area contributed by atoms with Crippen LogP contribution in [0.4, 0.5) is 16.5 Å². The second kappa shape index (κ2) is 9.18. The molecule has 1 saturated heterocycles. The highest BCUT2D eigenvalue weighted by atomic mass is 32.2. The molecule has 7 nitrogen and oxygen atoms in total. The molecule has 1 unspecified atom stereocenters. The fourth-order valence-electron chi connectivity index (χ4n) is 3.00. The highest BCUT2D eigenvalue weighted by molar-refractivity contribution is 8.01. The number of carbonyl (C=O) groups excluding carboxylic acids is 2. The van der Waals surface area contributed by atoms with Gasteiger partial charge < -0.3 is 15.5 Å². The number of rotatable bonds is 6. The Labute approximate surface area is 166 Å². The maximum absolute atomic E-state index is 12.4. The number of nitrogens with one attached hydrogen (secondary N) is 2. The number of anilines is 3. The van der Waals surface area contributed by atoms with Crippen molar-refractivity contribution in [2.75, 3.05) is 22.9 Å². The lowest BCUT2D eigenvalue weighted by molar-refractivity contribution is -0.131. The van der Waals surface area contributed by atoms with Crippen molar-refractivity contribution in [3.8, 4) is 0 Å². The van der Waals surface area contributed by atoms with E-state index in [1.165, 1.54) is 36.4 Å². The molecule has 2 heterocycles. The van der Waals surface area contributed by atoms with Gasteiger partial charge >= 0.3 is 0 Å². The molecule has 1 aromatic heterocycles. The Balaban J connectivity index is 1.54. The molecule has 1 fully saturated rings. The quantitative estimate of drug-likeness (QED) is 0.712. The standard InChI is InChI=1S/C18H23N5O2S2/c1-12-6-3-4-9-23(12)16(25)11-26-18-22-21-17(27-18)20-15-8-5-7-14(10-15)19-13(2)24/h5,7-8,10,12H,3-4,6,9,11H2,1-2H3,(H,19,24)(H,20,21). The van der Waals surface area contributed by atoms with E-state index in [1.54, 1.807) is 0 Å². The van der Waals surface area contributed by atoms with Crippen molar-refractivity contribution in [1.82, 2.24) is 15.1 Å². The Morgan fingerprint density at radius 1 is 1.30 bits per heavy atom. The zero-order valence-corrected chi connectivity index (χ0v) is 17.0. The topological polar surface area (TPSA) is 87.2 Å². The molecule has 1 aliphatic rings. The van der Waals surface area contributed by atoms with Crippen LogP contribution in [0.25, 0.3) is 0 Å². The van der Waals surface area contributed by atoms with Crippen molar-refractivity contribution in [2.45, 2.75) is 43.5 Å². The van der Waals surface area contributed by atoms with Gasteiger partial charge in [-0.05, 0) is 44.4 Å². The molecule has 2 N–H and O–H groups in total. The highest BCUT2D eigenvalue weighted by Crippen LogP contribution is 2.29.